The van der Waals surface area contributed by atoms with Crippen molar-refractivity contribution in [1.29, 1.82) is 0 Å². The SMILES string of the molecule is [Fe+3].[c-]1c2nc3[n-]c(nc4nc(nc5[n-]c(nc1-c1cnccc1-2)c1ccncc51)-c1ccncc1-4)c1ccncc31. The van der Waals surface area contributed by atoms with Crippen LogP contribution in [-0.4, -0.2) is 44.9 Å². The monoisotopic (exact) mass is 570 g/mol. The van der Waals surface area contributed by atoms with Gasteiger partial charge in [0.15, 0.2) is 0 Å². The summed E-state index contributed by atoms with van der Waals surface area (Å²) < 4.78 is 0. The maximum atomic E-state index is 4.91. The smallest absolute Gasteiger partial charge is 0.388 e. The molecule has 0 fully saturated rings. The van der Waals surface area contributed by atoms with Crippen LogP contribution in [0.4, 0.5) is 0 Å². The summed E-state index contributed by atoms with van der Waals surface area (Å²) in [6.07, 6.45) is 13.8. The molecule has 41 heavy (non-hydrogen) atoms. The molecule has 0 atom stereocenters. The minimum absolute atomic E-state index is 0. The van der Waals surface area contributed by atoms with Gasteiger partial charge in [0.25, 0.3) is 0 Å². The molecule has 9 rings (SSSR count). The zero-order chi connectivity index (χ0) is 26.2. The molecule has 12 heteroatoms. The van der Waals surface area contributed by atoms with E-state index in [0.717, 1.165) is 43.8 Å². The van der Waals surface area contributed by atoms with Gasteiger partial charge in [0, 0.05) is 87.9 Å². The molecule has 0 unspecified atom stereocenters. The molecule has 0 saturated heterocycles. The number of hydrogen-bond donors (Lipinski definition) is 0. The first-order chi connectivity index (χ1) is 19.8. The molecule has 8 heterocycles. The Labute approximate surface area is 240 Å². The van der Waals surface area contributed by atoms with Crippen molar-refractivity contribution in [2.75, 3.05) is 0 Å². The van der Waals surface area contributed by atoms with Gasteiger partial charge in [0.05, 0.1) is 11.6 Å². The standard InChI is InChI=1S/C29H12N11.Fe/c1-5-30-10-18-14(1)22-9-23(18)35-24-15-2-6-32-12-20(15)28(36-24)39-26-17-4-8-33-13-21(17)29(40-26)38-25-16-3-7-31-11-19(16)27(34-22)37-25;/h1-8,10-13H;/q-3;+3. The second-order valence-electron chi connectivity index (χ2n) is 9.23. The normalized spacial score (nSPS) is 11.7. The number of pyridine rings is 4. The van der Waals surface area contributed by atoms with Gasteiger partial charge in [-0.2, -0.15) is 11.6 Å². The summed E-state index contributed by atoms with van der Waals surface area (Å²) >= 11 is 0. The molecule has 0 saturated carbocycles. The molecule has 0 N–H and O–H groups in total. The molecule has 1 radical (unpaired) electrons. The van der Waals surface area contributed by atoms with Crippen molar-refractivity contribution in [3.8, 4) is 45.3 Å². The molecule has 0 aromatic carbocycles. The van der Waals surface area contributed by atoms with Gasteiger partial charge in [-0.3, -0.25) is 19.9 Å². The summed E-state index contributed by atoms with van der Waals surface area (Å²) in [5.41, 5.74) is 6.25. The Hall–Kier alpha value is -5.45. The van der Waals surface area contributed by atoms with Gasteiger partial charge in [0.1, 0.15) is 0 Å². The fraction of sp³-hybridized carbons (Fsp3) is 0. The van der Waals surface area contributed by atoms with Crippen LogP contribution in [0, 0.1) is 6.07 Å². The van der Waals surface area contributed by atoms with Crippen molar-refractivity contribution in [2.45, 2.75) is 0 Å². The summed E-state index contributed by atoms with van der Waals surface area (Å²) in [7, 11) is 0. The summed E-state index contributed by atoms with van der Waals surface area (Å²) in [5, 5.41) is 3.14. The van der Waals surface area contributed by atoms with Crippen LogP contribution in [0.5, 0.6) is 0 Å². The minimum atomic E-state index is 0. The third-order valence-corrected chi connectivity index (χ3v) is 6.97. The zero-order valence-electron chi connectivity index (χ0n) is 20.7. The molecule has 11 nitrogen and oxygen atoms in total. The molecule has 7 aromatic heterocycles. The zero-order valence-corrected chi connectivity index (χ0v) is 21.8. The third kappa shape index (κ3) is 3.48. The van der Waals surface area contributed by atoms with Crippen LogP contribution in [-0.2, 0) is 17.1 Å². The fourth-order valence-electron chi connectivity index (χ4n) is 5.10. The molecule has 2 aliphatic rings. The topological polar surface area (TPSA) is 144 Å². The van der Waals surface area contributed by atoms with E-state index in [1.807, 2.05) is 24.3 Å². The van der Waals surface area contributed by atoms with E-state index in [9.17, 15) is 0 Å². The third-order valence-electron chi connectivity index (χ3n) is 6.97. The number of rotatable bonds is 0. The van der Waals surface area contributed by atoms with Gasteiger partial charge >= 0.3 is 17.1 Å². The summed E-state index contributed by atoms with van der Waals surface area (Å²) in [6.45, 7) is 0. The van der Waals surface area contributed by atoms with E-state index in [0.29, 0.717) is 45.6 Å². The van der Waals surface area contributed by atoms with Crippen molar-refractivity contribution < 1.29 is 17.1 Å². The molecular weight excluding hydrogens is 558 g/mol. The number of aromatic nitrogens is 11. The van der Waals surface area contributed by atoms with Crippen LogP contribution >= 0.6 is 0 Å². The molecule has 8 bridgehead atoms. The van der Waals surface area contributed by atoms with E-state index in [4.69, 9.17) is 34.9 Å². The van der Waals surface area contributed by atoms with Crippen molar-refractivity contribution in [3.05, 3.63) is 79.9 Å². The van der Waals surface area contributed by atoms with Crippen LogP contribution in [0.1, 0.15) is 0 Å². The summed E-state index contributed by atoms with van der Waals surface area (Å²) in [5.74, 6) is 0.923. The van der Waals surface area contributed by atoms with Crippen LogP contribution in [0.25, 0.3) is 89.4 Å². The molecule has 0 spiro atoms. The largest absolute Gasteiger partial charge is 3.00 e. The van der Waals surface area contributed by atoms with Gasteiger partial charge in [-0.1, -0.05) is 0 Å². The van der Waals surface area contributed by atoms with Crippen molar-refractivity contribution in [3.63, 3.8) is 0 Å². The van der Waals surface area contributed by atoms with Crippen molar-refractivity contribution >= 4 is 44.1 Å². The van der Waals surface area contributed by atoms with Gasteiger partial charge in [-0.05, 0) is 35.2 Å². The van der Waals surface area contributed by atoms with E-state index < -0.39 is 0 Å². The van der Waals surface area contributed by atoms with Gasteiger partial charge in [-0.15, -0.1) is 23.0 Å². The Balaban J connectivity index is 0.00000256. The minimum Gasteiger partial charge on any atom is -0.388 e. The fourth-order valence-corrected chi connectivity index (χ4v) is 5.10. The van der Waals surface area contributed by atoms with Crippen LogP contribution in [0.15, 0.2) is 73.8 Å². The van der Waals surface area contributed by atoms with Crippen LogP contribution < -0.4 is 9.97 Å². The predicted octanol–water partition coefficient (Wildman–Crippen LogP) is 4.11. The van der Waals surface area contributed by atoms with Gasteiger partial charge in [0.2, 0.25) is 0 Å². The Bertz CT molecular complexity index is 2040. The molecule has 1 aliphatic carbocycles. The van der Waals surface area contributed by atoms with Crippen LogP contribution in [0.3, 0.4) is 0 Å². The quantitative estimate of drug-likeness (QED) is 0.192. The Kier molecular flexibility index (Phi) is 5.02. The van der Waals surface area contributed by atoms with E-state index in [1.54, 1.807) is 49.6 Å². The summed E-state index contributed by atoms with van der Waals surface area (Å²) in [4.78, 5) is 51.2. The molecule has 0 amide bonds. The first-order valence-corrected chi connectivity index (χ1v) is 12.3. The van der Waals surface area contributed by atoms with Crippen LogP contribution in [0.2, 0.25) is 0 Å². The first-order valence-electron chi connectivity index (χ1n) is 12.3. The Morgan fingerprint density at radius 1 is 0.439 bits per heavy atom. The molecule has 1 aliphatic heterocycles. The number of hydrogen-bond acceptors (Lipinski definition) is 9. The number of nitrogens with zero attached hydrogens (tertiary/aromatic N) is 11. The van der Waals surface area contributed by atoms with E-state index >= 15 is 0 Å². The van der Waals surface area contributed by atoms with Crippen molar-refractivity contribution in [2.24, 2.45) is 0 Å². The van der Waals surface area contributed by atoms with Gasteiger partial charge < -0.3 is 29.9 Å². The first kappa shape index (κ1) is 23.4. The number of fused-ring (bicyclic) bond motifs is 20. The predicted molar refractivity (Wildman–Crippen MR) is 146 cm³/mol. The van der Waals surface area contributed by atoms with E-state index in [1.165, 1.54) is 0 Å². The second-order valence-corrected chi connectivity index (χ2v) is 9.23. The van der Waals surface area contributed by atoms with E-state index in [2.05, 4.69) is 26.0 Å². The van der Waals surface area contributed by atoms with E-state index in [-0.39, 0.29) is 17.1 Å². The molecule has 7 aromatic rings. The maximum Gasteiger partial charge on any atom is 3.00 e. The van der Waals surface area contributed by atoms with Gasteiger partial charge in [-0.25, -0.2) is 4.98 Å². The Morgan fingerprint density at radius 2 is 0.927 bits per heavy atom. The Morgan fingerprint density at radius 3 is 1.63 bits per heavy atom. The maximum absolute atomic E-state index is 4.91. The molecular formula is C29H12FeN11. The van der Waals surface area contributed by atoms with Crippen molar-refractivity contribution in [1.82, 2.24) is 54.8 Å². The average molecular weight is 570 g/mol. The second kappa shape index (κ2) is 8.78. The molecule has 191 valence electrons. The average Bonchev–Trinajstić information content (AvgIpc) is 3.73. The summed E-state index contributed by atoms with van der Waals surface area (Å²) in [6, 6.07) is 10.9.